The second-order valence-corrected chi connectivity index (χ2v) is 7.94. The third kappa shape index (κ3) is 9.70. The number of aliphatic hydroxyl groups is 1. The average molecular weight is 453 g/mol. The van der Waals surface area contributed by atoms with Crippen molar-refractivity contribution in [3.05, 3.63) is 0 Å². The zero-order valence-electron chi connectivity index (χ0n) is 16.9. The summed E-state index contributed by atoms with van der Waals surface area (Å²) >= 11 is 5.46. The third-order valence-corrected chi connectivity index (χ3v) is 5.40. The van der Waals surface area contributed by atoms with E-state index in [2.05, 4.69) is 28.6 Å². The van der Waals surface area contributed by atoms with Gasteiger partial charge in [0.1, 0.15) is 18.1 Å². The molecule has 5 atom stereocenters. The summed E-state index contributed by atoms with van der Waals surface area (Å²) in [6, 6.07) is -4.30. The van der Waals surface area contributed by atoms with E-state index >= 15 is 0 Å². The first-order valence-electron chi connectivity index (χ1n) is 9.22. The number of carboxylic acids is 1. The molecule has 0 saturated heterocycles. The van der Waals surface area contributed by atoms with Crippen molar-refractivity contribution in [1.82, 2.24) is 16.0 Å². The molecule has 168 valence electrons. The standard InChI is InChI=1S/C17H32N4O6S2/c1-4-9(2)13(16(25)20-12(7-22)17(26)27)21-15(24)11(5-6-29-3)19-14(23)10(18)8-28/h9-13,22,28H,4-8,18H2,1-3H3,(H,19,23)(H,20,25)(H,21,24)(H,26,27). The van der Waals surface area contributed by atoms with Crippen molar-refractivity contribution in [2.24, 2.45) is 11.7 Å². The summed E-state index contributed by atoms with van der Waals surface area (Å²) < 4.78 is 0. The maximum absolute atomic E-state index is 12.8. The lowest BCUT2D eigenvalue weighted by Crippen LogP contribution is -2.59. The van der Waals surface area contributed by atoms with Crippen LogP contribution in [0.15, 0.2) is 0 Å². The molecule has 10 nitrogen and oxygen atoms in total. The largest absolute Gasteiger partial charge is 0.480 e. The summed E-state index contributed by atoms with van der Waals surface area (Å²) in [6.45, 7) is 2.76. The van der Waals surface area contributed by atoms with E-state index in [9.17, 15) is 19.2 Å². The number of nitrogens with two attached hydrogens (primary N) is 1. The van der Waals surface area contributed by atoms with Crippen molar-refractivity contribution in [1.29, 1.82) is 0 Å². The Bertz CT molecular complexity index is 566. The van der Waals surface area contributed by atoms with Crippen LogP contribution in [-0.2, 0) is 19.2 Å². The Kier molecular flexibility index (Phi) is 13.7. The maximum Gasteiger partial charge on any atom is 0.328 e. The van der Waals surface area contributed by atoms with E-state index in [0.29, 0.717) is 18.6 Å². The number of carboxylic acid groups (broad SMARTS) is 1. The van der Waals surface area contributed by atoms with Gasteiger partial charge in [-0.2, -0.15) is 24.4 Å². The molecule has 0 radical (unpaired) electrons. The number of carbonyl (C=O) groups excluding carboxylic acids is 3. The van der Waals surface area contributed by atoms with Crippen molar-refractivity contribution < 1.29 is 29.4 Å². The van der Waals surface area contributed by atoms with Crippen LogP contribution in [0.4, 0.5) is 0 Å². The first kappa shape index (κ1) is 27.5. The molecule has 0 aromatic heterocycles. The molecule has 0 aliphatic rings. The molecule has 7 N–H and O–H groups in total. The van der Waals surface area contributed by atoms with Crippen LogP contribution in [0.1, 0.15) is 26.7 Å². The van der Waals surface area contributed by atoms with Gasteiger partial charge in [-0.1, -0.05) is 20.3 Å². The van der Waals surface area contributed by atoms with Crippen LogP contribution in [-0.4, -0.2) is 82.4 Å². The van der Waals surface area contributed by atoms with Crippen LogP contribution in [0.25, 0.3) is 0 Å². The molecule has 0 rings (SSSR count). The molecule has 0 heterocycles. The van der Waals surface area contributed by atoms with Crippen LogP contribution >= 0.6 is 24.4 Å². The third-order valence-electron chi connectivity index (χ3n) is 4.37. The van der Waals surface area contributed by atoms with Gasteiger partial charge in [-0.15, -0.1) is 0 Å². The van der Waals surface area contributed by atoms with Gasteiger partial charge in [-0.3, -0.25) is 14.4 Å². The number of thioether (sulfide) groups is 1. The van der Waals surface area contributed by atoms with E-state index in [1.54, 1.807) is 6.92 Å². The minimum Gasteiger partial charge on any atom is -0.480 e. The fourth-order valence-electron chi connectivity index (χ4n) is 2.27. The predicted octanol–water partition coefficient (Wildman–Crippen LogP) is -1.43. The first-order valence-corrected chi connectivity index (χ1v) is 11.3. The highest BCUT2D eigenvalue weighted by Crippen LogP contribution is 2.10. The highest BCUT2D eigenvalue weighted by Gasteiger charge is 2.32. The number of aliphatic hydroxyl groups excluding tert-OH is 1. The molecule has 0 aromatic rings. The summed E-state index contributed by atoms with van der Waals surface area (Å²) in [6.07, 6.45) is 2.70. The summed E-state index contributed by atoms with van der Waals surface area (Å²) in [7, 11) is 0. The van der Waals surface area contributed by atoms with Gasteiger partial charge in [0.2, 0.25) is 17.7 Å². The molecule has 0 bridgehead atoms. The number of hydrogen-bond acceptors (Lipinski definition) is 8. The number of aliphatic carboxylic acids is 1. The Morgan fingerprint density at radius 2 is 1.66 bits per heavy atom. The Morgan fingerprint density at radius 1 is 1.07 bits per heavy atom. The zero-order valence-corrected chi connectivity index (χ0v) is 18.6. The minimum absolute atomic E-state index is 0.109. The molecule has 0 aliphatic carbocycles. The second kappa shape index (κ2) is 14.5. The van der Waals surface area contributed by atoms with Crippen molar-refractivity contribution in [3.8, 4) is 0 Å². The molecular weight excluding hydrogens is 420 g/mol. The number of carbonyl (C=O) groups is 4. The Balaban J connectivity index is 5.37. The maximum atomic E-state index is 12.8. The monoisotopic (exact) mass is 452 g/mol. The number of hydrogen-bond donors (Lipinski definition) is 7. The molecule has 12 heteroatoms. The van der Waals surface area contributed by atoms with Crippen LogP contribution in [0.2, 0.25) is 0 Å². The highest BCUT2D eigenvalue weighted by molar-refractivity contribution is 7.98. The second-order valence-electron chi connectivity index (χ2n) is 6.59. The number of thiol groups is 1. The fourth-order valence-corrected chi connectivity index (χ4v) is 2.91. The molecule has 29 heavy (non-hydrogen) atoms. The van der Waals surface area contributed by atoms with Crippen molar-refractivity contribution >= 4 is 48.1 Å². The fraction of sp³-hybridized carbons (Fsp3) is 0.765. The van der Waals surface area contributed by atoms with Gasteiger partial charge < -0.3 is 31.9 Å². The SMILES string of the molecule is CCC(C)C(NC(=O)C(CCSC)NC(=O)C(N)CS)C(=O)NC(CO)C(=O)O. The molecule has 3 amide bonds. The van der Waals surface area contributed by atoms with Gasteiger partial charge in [-0.05, 0) is 24.3 Å². The lowest BCUT2D eigenvalue weighted by atomic mass is 9.97. The Hall–Kier alpha value is -1.50. The lowest BCUT2D eigenvalue weighted by molar-refractivity contribution is -0.143. The summed E-state index contributed by atoms with van der Waals surface area (Å²) in [5.41, 5.74) is 5.64. The zero-order chi connectivity index (χ0) is 22.6. The van der Waals surface area contributed by atoms with Gasteiger partial charge in [0.25, 0.3) is 0 Å². The molecule has 5 unspecified atom stereocenters. The number of nitrogens with one attached hydrogen (secondary N) is 3. The van der Waals surface area contributed by atoms with Crippen molar-refractivity contribution in [3.63, 3.8) is 0 Å². The van der Waals surface area contributed by atoms with Gasteiger partial charge in [0, 0.05) is 5.75 Å². The molecular formula is C17H32N4O6S2. The number of amides is 3. The summed E-state index contributed by atoms with van der Waals surface area (Å²) in [4.78, 5) is 48.5. The molecule has 0 saturated carbocycles. The van der Waals surface area contributed by atoms with Gasteiger partial charge >= 0.3 is 5.97 Å². The molecule has 0 aliphatic heterocycles. The molecule has 0 aromatic carbocycles. The van der Waals surface area contributed by atoms with E-state index in [-0.39, 0.29) is 11.7 Å². The van der Waals surface area contributed by atoms with Crippen molar-refractivity contribution in [2.45, 2.75) is 50.9 Å². The Labute approximate surface area is 180 Å². The van der Waals surface area contributed by atoms with Crippen LogP contribution in [0, 0.1) is 5.92 Å². The Morgan fingerprint density at radius 3 is 2.10 bits per heavy atom. The summed E-state index contributed by atoms with van der Waals surface area (Å²) in [5, 5.41) is 25.5. The predicted molar refractivity (Wildman–Crippen MR) is 115 cm³/mol. The van der Waals surface area contributed by atoms with Crippen LogP contribution < -0.4 is 21.7 Å². The van der Waals surface area contributed by atoms with E-state index in [1.807, 2.05) is 13.2 Å². The van der Waals surface area contributed by atoms with E-state index in [1.165, 1.54) is 11.8 Å². The van der Waals surface area contributed by atoms with Gasteiger partial charge in [-0.25, -0.2) is 4.79 Å². The minimum atomic E-state index is -1.48. The number of rotatable bonds is 14. The lowest BCUT2D eigenvalue weighted by Gasteiger charge is -2.27. The first-order chi connectivity index (χ1) is 13.6. The van der Waals surface area contributed by atoms with Gasteiger partial charge in [0.05, 0.1) is 12.6 Å². The van der Waals surface area contributed by atoms with Gasteiger partial charge in [0.15, 0.2) is 0 Å². The van der Waals surface area contributed by atoms with Crippen molar-refractivity contribution in [2.75, 3.05) is 24.4 Å². The highest BCUT2D eigenvalue weighted by atomic mass is 32.2. The topological polar surface area (TPSA) is 171 Å². The normalized spacial score (nSPS) is 16.1. The van der Waals surface area contributed by atoms with E-state index in [0.717, 1.165) is 0 Å². The van der Waals surface area contributed by atoms with E-state index < -0.39 is 54.5 Å². The quantitative estimate of drug-likeness (QED) is 0.157. The smallest absolute Gasteiger partial charge is 0.328 e. The molecule has 0 fully saturated rings. The summed E-state index contributed by atoms with van der Waals surface area (Å²) in [5.74, 6) is -2.84. The van der Waals surface area contributed by atoms with Crippen LogP contribution in [0.3, 0.4) is 0 Å². The molecule has 0 spiro atoms. The van der Waals surface area contributed by atoms with E-state index in [4.69, 9.17) is 15.9 Å². The average Bonchev–Trinajstić information content (AvgIpc) is 2.70. The van der Waals surface area contributed by atoms with Crippen LogP contribution in [0.5, 0.6) is 0 Å².